The number of anilines is 2. The van der Waals surface area contributed by atoms with Crippen LogP contribution in [-0.2, 0) is 9.59 Å². The van der Waals surface area contributed by atoms with Crippen molar-refractivity contribution >= 4 is 23.2 Å². The predicted octanol–water partition coefficient (Wildman–Crippen LogP) is 3.15. The molecule has 26 heavy (non-hydrogen) atoms. The van der Waals surface area contributed by atoms with Crippen LogP contribution in [0.5, 0.6) is 5.75 Å². The molecule has 136 valence electrons. The van der Waals surface area contributed by atoms with E-state index in [-0.39, 0.29) is 18.4 Å². The number of hydrogen-bond acceptors (Lipinski definition) is 4. The molecule has 1 aromatic carbocycles. The van der Waals surface area contributed by atoms with Gasteiger partial charge in [-0.15, -0.1) is 0 Å². The number of pyridine rings is 1. The summed E-state index contributed by atoms with van der Waals surface area (Å²) in [5.74, 6) is 0.502. The summed E-state index contributed by atoms with van der Waals surface area (Å²) in [5.41, 5.74) is 4.28. The SMILES string of the molecule is Cc1cc(C)c(NC(=O)COc2ccc(N3CCCC3=O)cc2)c(C)n1. The summed E-state index contributed by atoms with van der Waals surface area (Å²) >= 11 is 0. The minimum absolute atomic E-state index is 0.0885. The molecular weight excluding hydrogens is 330 g/mol. The summed E-state index contributed by atoms with van der Waals surface area (Å²) < 4.78 is 5.55. The molecule has 1 aliphatic rings. The van der Waals surface area contributed by atoms with Gasteiger partial charge in [-0.1, -0.05) is 0 Å². The van der Waals surface area contributed by atoms with E-state index in [1.165, 1.54) is 0 Å². The highest BCUT2D eigenvalue weighted by Crippen LogP contribution is 2.24. The number of hydrogen-bond donors (Lipinski definition) is 1. The summed E-state index contributed by atoms with van der Waals surface area (Å²) in [6.07, 6.45) is 1.50. The van der Waals surface area contributed by atoms with E-state index in [4.69, 9.17) is 4.74 Å². The quantitative estimate of drug-likeness (QED) is 0.896. The van der Waals surface area contributed by atoms with Gasteiger partial charge in [0.25, 0.3) is 5.91 Å². The van der Waals surface area contributed by atoms with Crippen LogP contribution in [0, 0.1) is 20.8 Å². The van der Waals surface area contributed by atoms with Gasteiger partial charge in [0.05, 0.1) is 11.4 Å². The van der Waals surface area contributed by atoms with Gasteiger partial charge < -0.3 is 15.0 Å². The largest absolute Gasteiger partial charge is 0.484 e. The zero-order chi connectivity index (χ0) is 18.7. The summed E-state index contributed by atoms with van der Waals surface area (Å²) in [5, 5.41) is 2.86. The first kappa shape index (κ1) is 17.9. The van der Waals surface area contributed by atoms with Gasteiger partial charge in [0.15, 0.2) is 6.61 Å². The number of amides is 2. The lowest BCUT2D eigenvalue weighted by Gasteiger charge is -2.16. The van der Waals surface area contributed by atoms with Gasteiger partial charge in [-0.25, -0.2) is 0 Å². The second-order valence-corrected chi connectivity index (χ2v) is 6.52. The van der Waals surface area contributed by atoms with Gasteiger partial charge in [0.2, 0.25) is 5.91 Å². The standard InChI is InChI=1S/C20H23N3O3/c1-13-11-14(2)21-15(3)20(13)22-18(24)12-26-17-8-6-16(7-9-17)23-10-4-5-19(23)25/h6-9,11H,4-5,10,12H2,1-3H3,(H,22,24). The normalized spacial score (nSPS) is 13.8. The van der Waals surface area contributed by atoms with Crippen molar-refractivity contribution in [3.63, 3.8) is 0 Å². The zero-order valence-electron chi connectivity index (χ0n) is 15.3. The van der Waals surface area contributed by atoms with Gasteiger partial charge in [0.1, 0.15) is 5.75 Å². The Morgan fingerprint density at radius 1 is 1.23 bits per heavy atom. The Hall–Kier alpha value is -2.89. The fraction of sp³-hybridized carbons (Fsp3) is 0.350. The van der Waals surface area contributed by atoms with Crippen LogP contribution >= 0.6 is 0 Å². The van der Waals surface area contributed by atoms with Crippen LogP contribution in [0.15, 0.2) is 30.3 Å². The third-order valence-corrected chi connectivity index (χ3v) is 4.38. The molecule has 0 bridgehead atoms. The number of benzene rings is 1. The molecule has 1 fully saturated rings. The van der Waals surface area contributed by atoms with E-state index in [1.807, 2.05) is 39.0 Å². The molecule has 1 aliphatic heterocycles. The monoisotopic (exact) mass is 353 g/mol. The first-order valence-electron chi connectivity index (χ1n) is 8.72. The number of aromatic nitrogens is 1. The molecule has 0 aliphatic carbocycles. The third-order valence-electron chi connectivity index (χ3n) is 4.38. The predicted molar refractivity (Wildman–Crippen MR) is 101 cm³/mol. The first-order chi connectivity index (χ1) is 12.4. The molecule has 0 unspecified atom stereocenters. The van der Waals surface area contributed by atoms with Crippen LogP contribution in [0.1, 0.15) is 29.8 Å². The molecular formula is C20H23N3O3. The van der Waals surface area contributed by atoms with E-state index in [1.54, 1.807) is 17.0 Å². The lowest BCUT2D eigenvalue weighted by Crippen LogP contribution is -2.23. The molecule has 1 N–H and O–H groups in total. The van der Waals surface area contributed by atoms with Crippen molar-refractivity contribution < 1.29 is 14.3 Å². The second kappa shape index (κ2) is 7.56. The van der Waals surface area contributed by atoms with E-state index < -0.39 is 0 Å². The molecule has 2 amide bonds. The summed E-state index contributed by atoms with van der Waals surface area (Å²) in [6, 6.07) is 9.17. The van der Waals surface area contributed by atoms with Crippen molar-refractivity contribution in [2.45, 2.75) is 33.6 Å². The molecule has 1 saturated heterocycles. The van der Waals surface area contributed by atoms with Crippen LogP contribution in [-0.4, -0.2) is 29.9 Å². The molecule has 1 aromatic heterocycles. The zero-order valence-corrected chi connectivity index (χ0v) is 15.3. The van der Waals surface area contributed by atoms with Crippen molar-refractivity contribution in [2.75, 3.05) is 23.4 Å². The highest BCUT2D eigenvalue weighted by molar-refractivity contribution is 5.95. The maximum Gasteiger partial charge on any atom is 0.262 e. The van der Waals surface area contributed by atoms with Crippen molar-refractivity contribution in [3.8, 4) is 5.75 Å². The van der Waals surface area contributed by atoms with Crippen LogP contribution < -0.4 is 15.0 Å². The van der Waals surface area contributed by atoms with Gasteiger partial charge in [-0.3, -0.25) is 14.6 Å². The van der Waals surface area contributed by atoms with Crippen molar-refractivity contribution in [2.24, 2.45) is 0 Å². The molecule has 0 spiro atoms. The van der Waals surface area contributed by atoms with Crippen LogP contribution in [0.25, 0.3) is 0 Å². The van der Waals surface area contributed by atoms with Gasteiger partial charge in [0, 0.05) is 24.3 Å². The molecule has 0 saturated carbocycles. The molecule has 2 aromatic rings. The average molecular weight is 353 g/mol. The Balaban J connectivity index is 1.57. The fourth-order valence-electron chi connectivity index (χ4n) is 3.18. The summed E-state index contributed by atoms with van der Waals surface area (Å²) in [4.78, 5) is 30.1. The molecule has 0 atom stereocenters. The summed E-state index contributed by atoms with van der Waals surface area (Å²) in [6.45, 7) is 6.40. The Morgan fingerprint density at radius 3 is 2.58 bits per heavy atom. The lowest BCUT2D eigenvalue weighted by molar-refractivity contribution is -0.118. The molecule has 2 heterocycles. The van der Waals surface area contributed by atoms with Crippen LogP contribution in [0.2, 0.25) is 0 Å². The van der Waals surface area contributed by atoms with Gasteiger partial charge >= 0.3 is 0 Å². The number of nitrogens with one attached hydrogen (secondary N) is 1. The molecule has 6 heteroatoms. The maximum absolute atomic E-state index is 12.2. The number of ether oxygens (including phenoxy) is 1. The number of rotatable bonds is 5. The number of aryl methyl sites for hydroxylation is 3. The summed E-state index contributed by atoms with van der Waals surface area (Å²) in [7, 11) is 0. The van der Waals surface area contributed by atoms with E-state index >= 15 is 0 Å². The first-order valence-corrected chi connectivity index (χ1v) is 8.72. The second-order valence-electron chi connectivity index (χ2n) is 6.52. The number of nitrogens with zero attached hydrogens (tertiary/aromatic N) is 2. The highest BCUT2D eigenvalue weighted by Gasteiger charge is 2.21. The fourth-order valence-corrected chi connectivity index (χ4v) is 3.18. The smallest absolute Gasteiger partial charge is 0.262 e. The molecule has 0 radical (unpaired) electrons. The maximum atomic E-state index is 12.2. The number of carbonyl (C=O) groups excluding carboxylic acids is 2. The third kappa shape index (κ3) is 4.02. The van der Waals surface area contributed by atoms with Crippen molar-refractivity contribution in [3.05, 3.63) is 47.3 Å². The Kier molecular flexibility index (Phi) is 5.21. The minimum Gasteiger partial charge on any atom is -0.484 e. The molecule has 3 rings (SSSR count). The minimum atomic E-state index is -0.236. The van der Waals surface area contributed by atoms with Gasteiger partial charge in [-0.05, 0) is 63.1 Å². The average Bonchev–Trinajstić information content (AvgIpc) is 3.03. The van der Waals surface area contributed by atoms with E-state index in [0.717, 1.165) is 41.3 Å². The lowest BCUT2D eigenvalue weighted by atomic mass is 10.1. The van der Waals surface area contributed by atoms with Gasteiger partial charge in [-0.2, -0.15) is 0 Å². The number of carbonyl (C=O) groups is 2. The van der Waals surface area contributed by atoms with Crippen LogP contribution in [0.4, 0.5) is 11.4 Å². The topological polar surface area (TPSA) is 71.5 Å². The Labute approximate surface area is 153 Å². The van der Waals surface area contributed by atoms with E-state index in [2.05, 4.69) is 10.3 Å². The van der Waals surface area contributed by atoms with Crippen LogP contribution in [0.3, 0.4) is 0 Å². The molecule has 6 nitrogen and oxygen atoms in total. The Bertz CT molecular complexity index is 808. The van der Waals surface area contributed by atoms with E-state index in [0.29, 0.717) is 12.2 Å². The van der Waals surface area contributed by atoms with Crippen molar-refractivity contribution in [1.82, 2.24) is 4.98 Å². The Morgan fingerprint density at radius 2 is 1.96 bits per heavy atom. The highest BCUT2D eigenvalue weighted by atomic mass is 16.5. The van der Waals surface area contributed by atoms with E-state index in [9.17, 15) is 9.59 Å². The van der Waals surface area contributed by atoms with Crippen molar-refractivity contribution in [1.29, 1.82) is 0 Å².